The van der Waals surface area contributed by atoms with Crippen LogP contribution in [-0.4, -0.2) is 48.5 Å². The summed E-state index contributed by atoms with van der Waals surface area (Å²) in [6, 6.07) is 4.21. The van der Waals surface area contributed by atoms with Gasteiger partial charge in [0.15, 0.2) is 17.3 Å². The summed E-state index contributed by atoms with van der Waals surface area (Å²) in [6.45, 7) is 7.55. The van der Waals surface area contributed by atoms with Crippen LogP contribution in [0.15, 0.2) is 37.9 Å². The van der Waals surface area contributed by atoms with Gasteiger partial charge in [-0.3, -0.25) is 0 Å². The van der Waals surface area contributed by atoms with Gasteiger partial charge in [-0.2, -0.15) is 0 Å². The third-order valence-electron chi connectivity index (χ3n) is 8.07. The molecule has 166 valence electrons. The summed E-state index contributed by atoms with van der Waals surface area (Å²) in [6.07, 6.45) is 3.85. The van der Waals surface area contributed by atoms with Gasteiger partial charge in [-0.25, -0.2) is 4.79 Å². The predicted octanol–water partition coefficient (Wildman–Crippen LogP) is 2.84. The first-order chi connectivity index (χ1) is 14.7. The number of likely N-dealkylation sites (tertiary alicyclic amines) is 1. The standard InChI is InChI=1S/C24H30NO6/c1-13-6-9-18(28-5)21-20(13)24-10-11-25(4,12-19-15(3)29-23(27)30-19)14(2)16(24)7-8-17(26)22(24)31-21/h6-9,14,16-17,22,26H,10-12H2,1-5H3/q+1. The Kier molecular flexibility index (Phi) is 4.44. The van der Waals surface area contributed by atoms with Crippen LogP contribution in [0.4, 0.5) is 0 Å². The second-order valence-electron chi connectivity index (χ2n) is 9.55. The number of hydrogen-bond donors (Lipinski definition) is 1. The summed E-state index contributed by atoms with van der Waals surface area (Å²) in [4.78, 5) is 11.6. The molecule has 0 radical (unpaired) electrons. The fraction of sp³-hybridized carbons (Fsp3) is 0.542. The average Bonchev–Trinajstić information content (AvgIpc) is 3.24. The third-order valence-corrected chi connectivity index (χ3v) is 8.07. The van der Waals surface area contributed by atoms with Crippen molar-refractivity contribution < 1.29 is 27.9 Å². The normalized spacial score (nSPS) is 35.8. The van der Waals surface area contributed by atoms with Crippen molar-refractivity contribution in [1.82, 2.24) is 0 Å². The molecule has 1 spiro atoms. The maximum absolute atomic E-state index is 11.6. The summed E-state index contributed by atoms with van der Waals surface area (Å²) >= 11 is 0. The Morgan fingerprint density at radius 2 is 2.03 bits per heavy atom. The van der Waals surface area contributed by atoms with Crippen LogP contribution >= 0.6 is 0 Å². The minimum atomic E-state index is -0.675. The molecule has 3 heterocycles. The number of nitrogens with zero attached hydrogens (tertiary/aromatic N) is 1. The van der Waals surface area contributed by atoms with Gasteiger partial charge >= 0.3 is 5.82 Å². The highest BCUT2D eigenvalue weighted by Crippen LogP contribution is 2.60. The van der Waals surface area contributed by atoms with E-state index in [2.05, 4.69) is 33.0 Å². The van der Waals surface area contributed by atoms with E-state index in [0.29, 0.717) is 28.3 Å². The minimum absolute atomic E-state index is 0.144. The van der Waals surface area contributed by atoms with E-state index >= 15 is 0 Å². The molecule has 31 heavy (non-hydrogen) atoms. The van der Waals surface area contributed by atoms with Gasteiger partial charge in [0, 0.05) is 17.9 Å². The van der Waals surface area contributed by atoms with Crippen LogP contribution in [-0.2, 0) is 12.0 Å². The van der Waals surface area contributed by atoms with Gasteiger partial charge in [-0.15, -0.1) is 0 Å². The number of benzene rings is 1. The zero-order valence-corrected chi connectivity index (χ0v) is 18.7. The zero-order chi connectivity index (χ0) is 22.1. The van der Waals surface area contributed by atoms with E-state index in [1.807, 2.05) is 12.1 Å². The Morgan fingerprint density at radius 1 is 1.26 bits per heavy atom. The average molecular weight is 429 g/mol. The van der Waals surface area contributed by atoms with Crippen LogP contribution in [0.25, 0.3) is 0 Å². The molecule has 0 saturated carbocycles. The fourth-order valence-electron chi connectivity index (χ4n) is 6.26. The number of hydrogen-bond acceptors (Lipinski definition) is 6. The van der Waals surface area contributed by atoms with Crippen molar-refractivity contribution >= 4 is 0 Å². The first kappa shape index (κ1) is 20.4. The summed E-state index contributed by atoms with van der Waals surface area (Å²) in [5.74, 6) is 2.11. The van der Waals surface area contributed by atoms with Crippen molar-refractivity contribution in [2.24, 2.45) is 5.92 Å². The lowest BCUT2D eigenvalue weighted by Crippen LogP contribution is -2.67. The Labute approximate surface area is 181 Å². The molecule has 0 bridgehead atoms. The van der Waals surface area contributed by atoms with Gasteiger partial charge in [-0.05, 0) is 32.4 Å². The molecule has 2 aliphatic heterocycles. The molecule has 2 aromatic rings. The summed E-state index contributed by atoms with van der Waals surface area (Å²) in [7, 11) is 3.85. The number of fused-ring (bicyclic) bond motifs is 1. The summed E-state index contributed by atoms with van der Waals surface area (Å²) in [5.41, 5.74) is 1.99. The SMILES string of the molecule is COc1ccc(C)c2c1OC1C(O)C=CC3C(C)[N+](C)(Cc4oc(=O)oc4C)CCC231. The lowest BCUT2D eigenvalue weighted by molar-refractivity contribution is -0.954. The van der Waals surface area contributed by atoms with Gasteiger partial charge < -0.3 is 27.9 Å². The van der Waals surface area contributed by atoms with Crippen molar-refractivity contribution in [3.05, 3.63) is 57.5 Å². The van der Waals surface area contributed by atoms with Crippen LogP contribution < -0.4 is 15.3 Å². The predicted molar refractivity (Wildman–Crippen MR) is 113 cm³/mol. The number of aryl methyl sites for hydroxylation is 2. The Morgan fingerprint density at radius 3 is 2.71 bits per heavy atom. The fourth-order valence-corrected chi connectivity index (χ4v) is 6.26. The second-order valence-corrected chi connectivity index (χ2v) is 9.55. The maximum Gasteiger partial charge on any atom is 0.519 e. The number of methoxy groups -OCH3 is 1. The molecular weight excluding hydrogens is 398 g/mol. The molecule has 6 unspecified atom stereocenters. The van der Waals surface area contributed by atoms with Gasteiger partial charge in [-0.1, -0.05) is 18.2 Å². The second kappa shape index (κ2) is 6.74. The highest BCUT2D eigenvalue weighted by molar-refractivity contribution is 5.59. The van der Waals surface area contributed by atoms with Gasteiger partial charge in [0.25, 0.3) is 0 Å². The molecule has 1 aromatic carbocycles. The number of rotatable bonds is 3. The number of ether oxygens (including phenoxy) is 2. The molecule has 1 aliphatic carbocycles. The minimum Gasteiger partial charge on any atom is -0.493 e. The monoisotopic (exact) mass is 428 g/mol. The molecule has 6 atom stereocenters. The summed E-state index contributed by atoms with van der Waals surface area (Å²) in [5, 5.41) is 10.9. The lowest BCUT2D eigenvalue weighted by atomic mass is 9.56. The van der Waals surface area contributed by atoms with Crippen molar-refractivity contribution in [2.45, 2.75) is 57.4 Å². The molecule has 0 amide bonds. The van der Waals surface area contributed by atoms with E-state index in [9.17, 15) is 9.90 Å². The van der Waals surface area contributed by atoms with Gasteiger partial charge in [0.1, 0.15) is 18.8 Å². The molecule has 1 fully saturated rings. The molecule has 1 N–H and O–H groups in total. The van der Waals surface area contributed by atoms with Crippen molar-refractivity contribution in [1.29, 1.82) is 0 Å². The van der Waals surface area contributed by atoms with E-state index < -0.39 is 11.9 Å². The van der Waals surface area contributed by atoms with E-state index in [1.165, 1.54) is 0 Å². The number of quaternary nitrogens is 1. The topological polar surface area (TPSA) is 82.0 Å². The van der Waals surface area contributed by atoms with E-state index in [-0.39, 0.29) is 23.5 Å². The Hall–Kier alpha value is -2.51. The van der Waals surface area contributed by atoms with Crippen LogP contribution in [0.3, 0.4) is 0 Å². The van der Waals surface area contributed by atoms with Crippen LogP contribution in [0.1, 0.15) is 36.0 Å². The van der Waals surface area contributed by atoms with Gasteiger partial charge in [0.2, 0.25) is 5.76 Å². The third kappa shape index (κ3) is 2.69. The first-order valence-electron chi connectivity index (χ1n) is 10.9. The molecule has 3 aliphatic rings. The molecule has 1 aromatic heterocycles. The first-order valence-corrected chi connectivity index (χ1v) is 10.9. The van der Waals surface area contributed by atoms with E-state index in [0.717, 1.165) is 29.8 Å². The quantitative estimate of drug-likeness (QED) is 0.598. The number of aliphatic hydroxyl groups excluding tert-OH is 1. The Bertz CT molecular complexity index is 1120. The van der Waals surface area contributed by atoms with Crippen LogP contribution in [0, 0.1) is 19.8 Å². The molecule has 1 saturated heterocycles. The van der Waals surface area contributed by atoms with E-state index in [1.54, 1.807) is 14.0 Å². The molecule has 7 heteroatoms. The van der Waals surface area contributed by atoms with Crippen molar-refractivity contribution in [2.75, 3.05) is 20.7 Å². The van der Waals surface area contributed by atoms with Gasteiger partial charge in [0.05, 0.1) is 32.2 Å². The zero-order valence-electron chi connectivity index (χ0n) is 18.7. The molecular formula is C24H30NO6+. The van der Waals surface area contributed by atoms with E-state index in [4.69, 9.17) is 18.3 Å². The molecule has 5 rings (SSSR count). The Balaban J connectivity index is 1.61. The van der Waals surface area contributed by atoms with Crippen molar-refractivity contribution in [3.63, 3.8) is 0 Å². The highest BCUT2D eigenvalue weighted by atomic mass is 16.6. The smallest absolute Gasteiger partial charge is 0.493 e. The largest absolute Gasteiger partial charge is 0.519 e. The van der Waals surface area contributed by atoms with Crippen LogP contribution in [0.5, 0.6) is 11.5 Å². The van der Waals surface area contributed by atoms with Crippen LogP contribution in [0.2, 0.25) is 0 Å². The maximum atomic E-state index is 11.6. The molecule has 7 nitrogen and oxygen atoms in total. The highest BCUT2D eigenvalue weighted by Gasteiger charge is 2.64. The number of aliphatic hydroxyl groups is 1. The summed E-state index contributed by atoms with van der Waals surface area (Å²) < 4.78 is 23.2. The van der Waals surface area contributed by atoms with Crippen molar-refractivity contribution in [3.8, 4) is 11.5 Å². The lowest BCUT2D eigenvalue weighted by Gasteiger charge is -2.56. The number of piperidine rings is 1.